The van der Waals surface area contributed by atoms with Crippen LogP contribution in [0.15, 0.2) is 72.9 Å². The maximum atomic E-state index is 9.46. The lowest BCUT2D eigenvalue weighted by Gasteiger charge is -2.18. The van der Waals surface area contributed by atoms with Crippen LogP contribution in [0, 0.1) is 0 Å². The van der Waals surface area contributed by atoms with Crippen LogP contribution in [-0.2, 0) is 0 Å². The van der Waals surface area contributed by atoms with E-state index in [0.29, 0.717) is 0 Å². The van der Waals surface area contributed by atoms with E-state index in [4.69, 9.17) is 0 Å². The van der Waals surface area contributed by atoms with Crippen LogP contribution in [0.4, 0.5) is 0 Å². The molecule has 3 aromatic rings. The van der Waals surface area contributed by atoms with Gasteiger partial charge in [-0.1, -0.05) is 60.7 Å². The molecule has 0 fully saturated rings. The Morgan fingerprint density at radius 1 is 0.789 bits per heavy atom. The van der Waals surface area contributed by atoms with E-state index in [9.17, 15) is 5.11 Å². The van der Waals surface area contributed by atoms with Gasteiger partial charge in [-0.3, -0.25) is 4.68 Å². The van der Waals surface area contributed by atoms with Gasteiger partial charge in [-0.2, -0.15) is 0 Å². The van der Waals surface area contributed by atoms with Crippen molar-refractivity contribution in [1.82, 2.24) is 9.78 Å². The molecule has 0 radical (unpaired) electrons. The van der Waals surface area contributed by atoms with E-state index in [2.05, 4.69) is 29.4 Å². The smallest absolute Gasteiger partial charge is 0.230 e. The van der Waals surface area contributed by atoms with Crippen molar-refractivity contribution in [2.24, 2.45) is 0 Å². The summed E-state index contributed by atoms with van der Waals surface area (Å²) in [6, 6.07) is 21.9. The second kappa shape index (κ2) is 4.98. The highest BCUT2D eigenvalue weighted by Gasteiger charge is 2.16. The fourth-order valence-corrected chi connectivity index (χ4v) is 2.24. The molecule has 1 N–H and O–H groups in total. The molecule has 0 bridgehead atoms. The van der Waals surface area contributed by atoms with Gasteiger partial charge < -0.3 is 5.11 Å². The van der Waals surface area contributed by atoms with Crippen LogP contribution in [0.5, 0.6) is 5.88 Å². The van der Waals surface area contributed by atoms with E-state index in [-0.39, 0.29) is 11.9 Å². The zero-order valence-corrected chi connectivity index (χ0v) is 10.3. The molecule has 3 heteroatoms. The molecule has 0 saturated carbocycles. The van der Waals surface area contributed by atoms with Gasteiger partial charge in [-0.25, -0.2) is 0 Å². The Balaban J connectivity index is 2.11. The van der Waals surface area contributed by atoms with E-state index in [0.717, 1.165) is 11.1 Å². The van der Waals surface area contributed by atoms with Gasteiger partial charge in [0.2, 0.25) is 5.88 Å². The predicted octanol–water partition coefficient (Wildman–Crippen LogP) is 3.23. The number of nitrogens with zero attached hydrogens (tertiary/aromatic N) is 2. The van der Waals surface area contributed by atoms with Crippen molar-refractivity contribution in [2.75, 3.05) is 0 Å². The van der Waals surface area contributed by atoms with Crippen molar-refractivity contribution in [3.8, 4) is 5.88 Å². The van der Waals surface area contributed by atoms with Gasteiger partial charge in [0.15, 0.2) is 0 Å². The highest BCUT2D eigenvalue weighted by Crippen LogP contribution is 2.26. The summed E-state index contributed by atoms with van der Waals surface area (Å²) in [5.41, 5.74) is 2.27. The average molecular weight is 250 g/mol. The van der Waals surface area contributed by atoms with Crippen LogP contribution in [0.2, 0.25) is 0 Å². The Labute approximate surface area is 111 Å². The largest absolute Gasteiger partial charge is 0.492 e. The van der Waals surface area contributed by atoms with E-state index in [1.165, 1.54) is 0 Å². The minimum atomic E-state index is -0.0247. The third kappa shape index (κ3) is 2.36. The van der Waals surface area contributed by atoms with Crippen molar-refractivity contribution < 1.29 is 5.11 Å². The second-order valence-electron chi connectivity index (χ2n) is 4.38. The highest BCUT2D eigenvalue weighted by atomic mass is 16.3. The first-order chi connectivity index (χ1) is 9.34. The molecular formula is C16H14N2O. The van der Waals surface area contributed by atoms with Gasteiger partial charge in [0.1, 0.15) is 6.04 Å². The zero-order valence-electron chi connectivity index (χ0n) is 10.3. The standard InChI is InChI=1S/C16H14N2O/c19-15-11-12-18(17-15)16(13-7-3-1-4-8-13)14-9-5-2-6-10-14/h1-12,16H,(H,17,19). The molecule has 0 spiro atoms. The Morgan fingerprint density at radius 2 is 1.32 bits per heavy atom. The lowest BCUT2D eigenvalue weighted by Crippen LogP contribution is -2.12. The van der Waals surface area contributed by atoms with Crippen molar-refractivity contribution in [1.29, 1.82) is 0 Å². The summed E-state index contributed by atoms with van der Waals surface area (Å²) in [4.78, 5) is 0. The monoisotopic (exact) mass is 250 g/mol. The van der Waals surface area contributed by atoms with Crippen LogP contribution in [0.1, 0.15) is 17.2 Å². The number of hydrogen-bond donors (Lipinski definition) is 1. The minimum absolute atomic E-state index is 0.0247. The molecule has 1 heterocycles. The molecule has 0 amide bonds. The minimum Gasteiger partial charge on any atom is -0.492 e. The van der Waals surface area contributed by atoms with E-state index < -0.39 is 0 Å². The molecule has 0 unspecified atom stereocenters. The topological polar surface area (TPSA) is 38.0 Å². The first-order valence-corrected chi connectivity index (χ1v) is 6.18. The highest BCUT2D eigenvalue weighted by molar-refractivity contribution is 5.32. The third-order valence-corrected chi connectivity index (χ3v) is 3.09. The Hall–Kier alpha value is -2.55. The summed E-state index contributed by atoms with van der Waals surface area (Å²) in [6.07, 6.45) is 1.79. The van der Waals surface area contributed by atoms with Gasteiger partial charge in [-0.15, -0.1) is 5.10 Å². The number of rotatable bonds is 3. The first kappa shape index (κ1) is 11.5. The van der Waals surface area contributed by atoms with E-state index >= 15 is 0 Å². The summed E-state index contributed by atoms with van der Waals surface area (Å²) >= 11 is 0. The van der Waals surface area contributed by atoms with Crippen molar-refractivity contribution in [2.45, 2.75) is 6.04 Å². The van der Waals surface area contributed by atoms with Crippen LogP contribution in [0.25, 0.3) is 0 Å². The number of hydrogen-bond acceptors (Lipinski definition) is 2. The molecule has 0 atom stereocenters. The molecule has 0 saturated heterocycles. The number of aromatic nitrogens is 2. The molecular weight excluding hydrogens is 236 g/mol. The maximum absolute atomic E-state index is 9.46. The SMILES string of the molecule is Oc1ccn(C(c2ccccc2)c2ccccc2)n1. The number of benzene rings is 2. The van der Waals surface area contributed by atoms with Gasteiger partial charge >= 0.3 is 0 Å². The van der Waals surface area contributed by atoms with Crippen molar-refractivity contribution >= 4 is 0 Å². The third-order valence-electron chi connectivity index (χ3n) is 3.09. The summed E-state index contributed by atoms with van der Waals surface area (Å²) in [7, 11) is 0. The van der Waals surface area contributed by atoms with E-state index in [1.807, 2.05) is 36.4 Å². The molecule has 0 aliphatic carbocycles. The Kier molecular flexibility index (Phi) is 3.02. The Morgan fingerprint density at radius 3 is 1.74 bits per heavy atom. The summed E-state index contributed by atoms with van der Waals surface area (Å²) in [5, 5.41) is 13.6. The van der Waals surface area contributed by atoms with Crippen molar-refractivity contribution in [3.05, 3.63) is 84.1 Å². The quantitative estimate of drug-likeness (QED) is 0.775. The Bertz CT molecular complexity index is 607. The van der Waals surface area contributed by atoms with Crippen LogP contribution in [-0.4, -0.2) is 14.9 Å². The van der Waals surface area contributed by atoms with Crippen LogP contribution < -0.4 is 0 Å². The fraction of sp³-hybridized carbons (Fsp3) is 0.0625. The fourth-order valence-electron chi connectivity index (χ4n) is 2.24. The summed E-state index contributed by atoms with van der Waals surface area (Å²) in [5.74, 6) is 0.0388. The van der Waals surface area contributed by atoms with Gasteiger partial charge in [-0.05, 0) is 11.1 Å². The molecule has 3 nitrogen and oxygen atoms in total. The van der Waals surface area contributed by atoms with E-state index in [1.54, 1.807) is 16.9 Å². The lowest BCUT2D eigenvalue weighted by atomic mass is 9.99. The van der Waals surface area contributed by atoms with Gasteiger partial charge in [0.25, 0.3) is 0 Å². The maximum Gasteiger partial charge on any atom is 0.230 e. The van der Waals surface area contributed by atoms with Crippen LogP contribution in [0.3, 0.4) is 0 Å². The average Bonchev–Trinajstić information content (AvgIpc) is 2.88. The van der Waals surface area contributed by atoms with Gasteiger partial charge in [0, 0.05) is 12.3 Å². The van der Waals surface area contributed by atoms with Crippen LogP contribution >= 0.6 is 0 Å². The van der Waals surface area contributed by atoms with Crippen molar-refractivity contribution in [3.63, 3.8) is 0 Å². The molecule has 94 valence electrons. The molecule has 0 aliphatic heterocycles. The second-order valence-corrected chi connectivity index (χ2v) is 4.38. The normalized spacial score (nSPS) is 10.8. The molecule has 1 aromatic heterocycles. The predicted molar refractivity (Wildman–Crippen MR) is 74.0 cm³/mol. The zero-order chi connectivity index (χ0) is 13.1. The first-order valence-electron chi connectivity index (χ1n) is 6.18. The molecule has 0 aliphatic rings. The molecule has 3 rings (SSSR count). The lowest BCUT2D eigenvalue weighted by molar-refractivity contribution is 0.435. The molecule has 2 aromatic carbocycles. The summed E-state index contributed by atoms with van der Waals surface area (Å²) in [6.45, 7) is 0. The molecule has 19 heavy (non-hydrogen) atoms. The number of aromatic hydroxyl groups is 1. The summed E-state index contributed by atoms with van der Waals surface area (Å²) < 4.78 is 1.78. The van der Waals surface area contributed by atoms with Gasteiger partial charge in [0.05, 0.1) is 0 Å².